The number of aryl methyl sites for hydroxylation is 1. The molecule has 1 saturated heterocycles. The Labute approximate surface area is 140 Å². The SMILES string of the molecule is CCC(C)CN1CCC(c2[nH]ncc2-c2ccccc2C)CC1. The summed E-state index contributed by atoms with van der Waals surface area (Å²) < 4.78 is 0. The normalized spacial score (nSPS) is 18.2. The van der Waals surface area contributed by atoms with E-state index >= 15 is 0 Å². The lowest BCUT2D eigenvalue weighted by atomic mass is 9.88. The van der Waals surface area contributed by atoms with Gasteiger partial charge in [-0.05, 0) is 49.9 Å². The van der Waals surface area contributed by atoms with Gasteiger partial charge in [-0.2, -0.15) is 5.10 Å². The number of likely N-dealkylation sites (tertiary alicyclic amines) is 1. The van der Waals surface area contributed by atoms with Crippen LogP contribution in [0.25, 0.3) is 11.1 Å². The van der Waals surface area contributed by atoms with Crippen molar-refractivity contribution in [2.45, 2.75) is 46.0 Å². The van der Waals surface area contributed by atoms with Gasteiger partial charge in [0.15, 0.2) is 0 Å². The van der Waals surface area contributed by atoms with Crippen molar-refractivity contribution in [3.8, 4) is 11.1 Å². The first kappa shape index (κ1) is 16.3. The molecule has 3 nitrogen and oxygen atoms in total. The Kier molecular flexibility index (Phi) is 5.16. The molecular formula is C20H29N3. The van der Waals surface area contributed by atoms with Crippen molar-refractivity contribution in [1.82, 2.24) is 15.1 Å². The van der Waals surface area contributed by atoms with Crippen LogP contribution in [0.1, 0.15) is 50.3 Å². The van der Waals surface area contributed by atoms with E-state index in [0.29, 0.717) is 5.92 Å². The first-order chi connectivity index (χ1) is 11.2. The zero-order chi connectivity index (χ0) is 16.2. The van der Waals surface area contributed by atoms with Crippen molar-refractivity contribution in [2.75, 3.05) is 19.6 Å². The van der Waals surface area contributed by atoms with E-state index in [9.17, 15) is 0 Å². The highest BCUT2D eigenvalue weighted by molar-refractivity contribution is 5.69. The summed E-state index contributed by atoms with van der Waals surface area (Å²) in [6, 6.07) is 8.61. The van der Waals surface area contributed by atoms with Crippen molar-refractivity contribution >= 4 is 0 Å². The zero-order valence-electron chi connectivity index (χ0n) is 14.7. The monoisotopic (exact) mass is 311 g/mol. The Morgan fingerprint density at radius 2 is 1.96 bits per heavy atom. The summed E-state index contributed by atoms with van der Waals surface area (Å²) in [5.74, 6) is 1.42. The molecule has 1 unspecified atom stereocenters. The van der Waals surface area contributed by atoms with E-state index in [0.717, 1.165) is 5.92 Å². The lowest BCUT2D eigenvalue weighted by molar-refractivity contribution is 0.185. The fourth-order valence-corrected chi connectivity index (χ4v) is 3.67. The van der Waals surface area contributed by atoms with Crippen molar-refractivity contribution in [2.24, 2.45) is 5.92 Å². The van der Waals surface area contributed by atoms with Crippen molar-refractivity contribution < 1.29 is 0 Å². The van der Waals surface area contributed by atoms with Gasteiger partial charge in [-0.3, -0.25) is 5.10 Å². The maximum Gasteiger partial charge on any atom is 0.0568 e. The lowest BCUT2D eigenvalue weighted by Gasteiger charge is -2.33. The van der Waals surface area contributed by atoms with Crippen LogP contribution < -0.4 is 0 Å². The predicted molar refractivity (Wildman–Crippen MR) is 96.6 cm³/mol. The van der Waals surface area contributed by atoms with Gasteiger partial charge in [0.1, 0.15) is 0 Å². The average molecular weight is 311 g/mol. The molecule has 1 aromatic heterocycles. The third-order valence-electron chi connectivity index (χ3n) is 5.37. The van der Waals surface area contributed by atoms with Gasteiger partial charge in [0.05, 0.1) is 6.20 Å². The molecule has 0 spiro atoms. The molecule has 1 atom stereocenters. The van der Waals surface area contributed by atoms with Gasteiger partial charge in [-0.1, -0.05) is 44.5 Å². The summed E-state index contributed by atoms with van der Waals surface area (Å²) in [5.41, 5.74) is 5.27. The van der Waals surface area contributed by atoms with E-state index in [4.69, 9.17) is 0 Å². The topological polar surface area (TPSA) is 31.9 Å². The molecule has 0 aliphatic carbocycles. The molecule has 124 valence electrons. The number of benzene rings is 1. The molecule has 0 radical (unpaired) electrons. The number of H-pyrrole nitrogens is 1. The van der Waals surface area contributed by atoms with Crippen LogP contribution in [0.4, 0.5) is 0 Å². The lowest BCUT2D eigenvalue weighted by Crippen LogP contribution is -2.36. The molecule has 1 N–H and O–H groups in total. The quantitative estimate of drug-likeness (QED) is 0.874. The summed E-state index contributed by atoms with van der Waals surface area (Å²) in [6.45, 7) is 10.5. The summed E-state index contributed by atoms with van der Waals surface area (Å²) in [7, 11) is 0. The highest BCUT2D eigenvalue weighted by Crippen LogP contribution is 2.35. The number of rotatable bonds is 5. The average Bonchev–Trinajstić information content (AvgIpc) is 3.05. The highest BCUT2D eigenvalue weighted by atomic mass is 15.1. The molecule has 0 bridgehead atoms. The van der Waals surface area contributed by atoms with Crippen LogP contribution in [0, 0.1) is 12.8 Å². The Bertz CT molecular complexity index is 623. The molecule has 2 aromatic rings. The van der Waals surface area contributed by atoms with Gasteiger partial charge in [0.2, 0.25) is 0 Å². The van der Waals surface area contributed by atoms with Crippen LogP contribution in [0.15, 0.2) is 30.5 Å². The predicted octanol–water partition coefficient (Wildman–Crippen LogP) is 4.61. The van der Waals surface area contributed by atoms with E-state index in [1.807, 2.05) is 6.20 Å². The second kappa shape index (κ2) is 7.31. The molecule has 3 rings (SSSR count). The van der Waals surface area contributed by atoms with Crippen LogP contribution in [-0.2, 0) is 0 Å². The van der Waals surface area contributed by atoms with Crippen LogP contribution in [0.5, 0.6) is 0 Å². The van der Waals surface area contributed by atoms with E-state index in [2.05, 4.69) is 60.1 Å². The van der Waals surface area contributed by atoms with Crippen LogP contribution in [-0.4, -0.2) is 34.7 Å². The van der Waals surface area contributed by atoms with Gasteiger partial charge in [-0.15, -0.1) is 0 Å². The van der Waals surface area contributed by atoms with Gasteiger partial charge in [-0.25, -0.2) is 0 Å². The maximum absolute atomic E-state index is 4.36. The number of aromatic amines is 1. The Balaban J connectivity index is 1.71. The molecule has 1 fully saturated rings. The second-order valence-electron chi connectivity index (χ2n) is 7.10. The third-order valence-corrected chi connectivity index (χ3v) is 5.37. The van der Waals surface area contributed by atoms with E-state index in [1.54, 1.807) is 0 Å². The van der Waals surface area contributed by atoms with Gasteiger partial charge >= 0.3 is 0 Å². The van der Waals surface area contributed by atoms with E-state index in [-0.39, 0.29) is 0 Å². The first-order valence-electron chi connectivity index (χ1n) is 9.00. The molecule has 0 amide bonds. The van der Waals surface area contributed by atoms with Crippen LogP contribution >= 0.6 is 0 Å². The van der Waals surface area contributed by atoms with Crippen molar-refractivity contribution in [3.05, 3.63) is 41.7 Å². The maximum atomic E-state index is 4.36. The third kappa shape index (κ3) is 3.66. The number of nitrogens with one attached hydrogen (secondary N) is 1. The number of piperidine rings is 1. The number of nitrogens with zero attached hydrogens (tertiary/aromatic N) is 2. The molecule has 1 aliphatic heterocycles. The second-order valence-corrected chi connectivity index (χ2v) is 7.10. The molecule has 0 saturated carbocycles. The molecule has 2 heterocycles. The van der Waals surface area contributed by atoms with E-state index < -0.39 is 0 Å². The van der Waals surface area contributed by atoms with Gasteiger partial charge in [0, 0.05) is 23.7 Å². The fraction of sp³-hybridized carbons (Fsp3) is 0.550. The molecule has 1 aromatic carbocycles. The zero-order valence-corrected chi connectivity index (χ0v) is 14.7. The highest BCUT2D eigenvalue weighted by Gasteiger charge is 2.25. The Hall–Kier alpha value is -1.61. The van der Waals surface area contributed by atoms with Gasteiger partial charge < -0.3 is 4.90 Å². The summed E-state index contributed by atoms with van der Waals surface area (Å²) in [5, 5.41) is 7.66. The number of hydrogen-bond acceptors (Lipinski definition) is 2. The molecule has 1 aliphatic rings. The largest absolute Gasteiger partial charge is 0.303 e. The van der Waals surface area contributed by atoms with Crippen molar-refractivity contribution in [1.29, 1.82) is 0 Å². The number of aromatic nitrogens is 2. The van der Waals surface area contributed by atoms with Crippen molar-refractivity contribution in [3.63, 3.8) is 0 Å². The fourth-order valence-electron chi connectivity index (χ4n) is 3.67. The smallest absolute Gasteiger partial charge is 0.0568 e. The standard InChI is InChI=1S/C20H29N3/c1-4-15(2)14-23-11-9-17(10-12-23)20-19(13-21-22-20)18-8-6-5-7-16(18)3/h5-8,13,15,17H,4,9-12,14H2,1-3H3,(H,21,22). The summed E-state index contributed by atoms with van der Waals surface area (Å²) >= 11 is 0. The minimum Gasteiger partial charge on any atom is -0.303 e. The van der Waals surface area contributed by atoms with Crippen LogP contribution in [0.3, 0.4) is 0 Å². The summed E-state index contributed by atoms with van der Waals surface area (Å²) in [6.07, 6.45) is 5.75. The minimum absolute atomic E-state index is 0.611. The Morgan fingerprint density at radius 1 is 1.22 bits per heavy atom. The summed E-state index contributed by atoms with van der Waals surface area (Å²) in [4.78, 5) is 2.63. The minimum atomic E-state index is 0.611. The van der Waals surface area contributed by atoms with Gasteiger partial charge in [0.25, 0.3) is 0 Å². The molecule has 23 heavy (non-hydrogen) atoms. The van der Waals surface area contributed by atoms with E-state index in [1.165, 1.54) is 61.3 Å². The molecular weight excluding hydrogens is 282 g/mol. The Morgan fingerprint density at radius 3 is 2.65 bits per heavy atom. The van der Waals surface area contributed by atoms with Crippen LogP contribution in [0.2, 0.25) is 0 Å². The first-order valence-corrected chi connectivity index (χ1v) is 9.00. The number of hydrogen-bond donors (Lipinski definition) is 1. The molecule has 3 heteroatoms.